The molecule has 1 aliphatic rings. The molecule has 1 rings (SSSR count). The lowest BCUT2D eigenvalue weighted by Gasteiger charge is -2.33. The number of hydrogen-bond donors (Lipinski definition) is 1. The minimum atomic E-state index is -0.0229. The van der Waals surface area contributed by atoms with Crippen molar-refractivity contribution in [3.8, 4) is 12.3 Å². The van der Waals surface area contributed by atoms with Crippen molar-refractivity contribution in [1.82, 2.24) is 0 Å². The van der Waals surface area contributed by atoms with Crippen molar-refractivity contribution in [2.75, 3.05) is 0 Å². The summed E-state index contributed by atoms with van der Waals surface area (Å²) in [5.74, 6) is 3.93. The van der Waals surface area contributed by atoms with Crippen molar-refractivity contribution in [3.63, 3.8) is 0 Å². The van der Waals surface area contributed by atoms with Crippen LogP contribution < -0.4 is 5.73 Å². The van der Waals surface area contributed by atoms with Gasteiger partial charge in [-0.05, 0) is 11.8 Å². The molecule has 0 bridgehead atoms. The highest BCUT2D eigenvalue weighted by molar-refractivity contribution is 5.01. The summed E-state index contributed by atoms with van der Waals surface area (Å²) in [7, 11) is 0. The molecule has 2 atom stereocenters. The van der Waals surface area contributed by atoms with Gasteiger partial charge >= 0.3 is 0 Å². The molecule has 1 nitrogen and oxygen atoms in total. The lowest BCUT2D eigenvalue weighted by molar-refractivity contribution is 0.209. The number of rotatable bonds is 2. The molecule has 0 heterocycles. The van der Waals surface area contributed by atoms with E-state index in [4.69, 9.17) is 12.2 Å². The van der Waals surface area contributed by atoms with Gasteiger partial charge in [0.1, 0.15) is 0 Å². The molecule has 0 saturated heterocycles. The van der Waals surface area contributed by atoms with Crippen LogP contribution in [0.5, 0.6) is 0 Å². The van der Waals surface area contributed by atoms with Crippen LogP contribution in [0, 0.1) is 24.2 Å². The van der Waals surface area contributed by atoms with Crippen LogP contribution in [0.2, 0.25) is 0 Å². The van der Waals surface area contributed by atoms with Crippen LogP contribution in [0.25, 0.3) is 0 Å². The predicted octanol–water partition coefficient (Wildman–Crippen LogP) is 1.38. The first-order valence-electron chi connectivity index (χ1n) is 3.97. The largest absolute Gasteiger partial charge is 0.317 e. The Hall–Kier alpha value is -0.480. The minimum Gasteiger partial charge on any atom is -0.317 e. The van der Waals surface area contributed by atoms with E-state index in [9.17, 15) is 0 Å². The first kappa shape index (κ1) is 7.63. The van der Waals surface area contributed by atoms with Crippen molar-refractivity contribution >= 4 is 0 Å². The average Bonchev–Trinajstić information content (AvgIpc) is 1.82. The predicted molar refractivity (Wildman–Crippen MR) is 43.3 cm³/mol. The smallest absolute Gasteiger partial charge is 0.0690 e. The fourth-order valence-electron chi connectivity index (χ4n) is 1.41. The van der Waals surface area contributed by atoms with Crippen LogP contribution in [0.4, 0.5) is 0 Å². The van der Waals surface area contributed by atoms with Crippen LogP contribution in [-0.4, -0.2) is 6.04 Å². The average molecular weight is 137 g/mol. The molecule has 56 valence electrons. The fourth-order valence-corrected chi connectivity index (χ4v) is 1.41. The van der Waals surface area contributed by atoms with E-state index in [-0.39, 0.29) is 6.04 Å². The zero-order chi connectivity index (χ0) is 7.56. The molecule has 0 aromatic rings. The maximum atomic E-state index is 5.69. The molecule has 0 aromatic heterocycles. The maximum Gasteiger partial charge on any atom is 0.0690 e. The quantitative estimate of drug-likeness (QED) is 0.572. The summed E-state index contributed by atoms with van der Waals surface area (Å²) in [5, 5.41) is 0. The third kappa shape index (κ3) is 1.33. The summed E-state index contributed by atoms with van der Waals surface area (Å²) in [6.07, 6.45) is 9.24. The first-order valence-corrected chi connectivity index (χ1v) is 3.97. The molecule has 2 unspecified atom stereocenters. The van der Waals surface area contributed by atoms with Crippen molar-refractivity contribution in [2.24, 2.45) is 17.6 Å². The zero-order valence-corrected chi connectivity index (χ0v) is 6.51. The summed E-state index contributed by atoms with van der Waals surface area (Å²) in [6, 6.07) is -0.0229. The van der Waals surface area contributed by atoms with Crippen LogP contribution in [-0.2, 0) is 0 Å². The number of hydrogen-bond acceptors (Lipinski definition) is 1. The monoisotopic (exact) mass is 137 g/mol. The summed E-state index contributed by atoms with van der Waals surface area (Å²) >= 11 is 0. The van der Waals surface area contributed by atoms with Crippen molar-refractivity contribution < 1.29 is 0 Å². The standard InChI is InChI=1S/C9H15N/c1-3-9(10)7(2)8-5-4-6-8/h1,7-9H,4-6,10H2,2H3. The van der Waals surface area contributed by atoms with E-state index in [0.717, 1.165) is 5.92 Å². The van der Waals surface area contributed by atoms with Gasteiger partial charge in [-0.3, -0.25) is 0 Å². The van der Waals surface area contributed by atoms with Gasteiger partial charge < -0.3 is 5.73 Å². The molecular weight excluding hydrogens is 122 g/mol. The van der Waals surface area contributed by atoms with Gasteiger partial charge in [-0.2, -0.15) is 0 Å². The van der Waals surface area contributed by atoms with E-state index in [2.05, 4.69) is 12.8 Å². The topological polar surface area (TPSA) is 26.0 Å². The van der Waals surface area contributed by atoms with Crippen LogP contribution >= 0.6 is 0 Å². The third-order valence-corrected chi connectivity index (χ3v) is 2.65. The highest BCUT2D eigenvalue weighted by Gasteiger charge is 2.26. The zero-order valence-electron chi connectivity index (χ0n) is 6.51. The molecule has 0 radical (unpaired) electrons. The number of nitrogens with two attached hydrogens (primary N) is 1. The van der Waals surface area contributed by atoms with E-state index in [1.165, 1.54) is 19.3 Å². The molecule has 0 aromatic carbocycles. The summed E-state index contributed by atoms with van der Waals surface area (Å²) in [6.45, 7) is 2.16. The molecule has 1 heteroatoms. The van der Waals surface area contributed by atoms with E-state index in [1.54, 1.807) is 0 Å². The second-order valence-corrected chi connectivity index (χ2v) is 3.24. The van der Waals surface area contributed by atoms with Gasteiger partial charge in [0.2, 0.25) is 0 Å². The molecule has 1 saturated carbocycles. The normalized spacial score (nSPS) is 24.5. The fraction of sp³-hybridized carbons (Fsp3) is 0.778. The van der Waals surface area contributed by atoms with Gasteiger partial charge in [0.05, 0.1) is 6.04 Å². The van der Waals surface area contributed by atoms with Gasteiger partial charge in [-0.25, -0.2) is 0 Å². The summed E-state index contributed by atoms with van der Waals surface area (Å²) in [5.41, 5.74) is 5.69. The SMILES string of the molecule is C#CC(N)C(C)C1CCC1. The van der Waals surface area contributed by atoms with Gasteiger partial charge in [-0.1, -0.05) is 32.1 Å². The molecular formula is C9H15N. The Morgan fingerprint density at radius 3 is 2.50 bits per heavy atom. The Kier molecular flexibility index (Phi) is 2.34. The molecule has 0 aliphatic heterocycles. The highest BCUT2D eigenvalue weighted by Crippen LogP contribution is 2.34. The van der Waals surface area contributed by atoms with Gasteiger partial charge in [0.25, 0.3) is 0 Å². The molecule has 0 amide bonds. The summed E-state index contributed by atoms with van der Waals surface area (Å²) < 4.78 is 0. The van der Waals surface area contributed by atoms with Gasteiger partial charge in [0.15, 0.2) is 0 Å². The van der Waals surface area contributed by atoms with Crippen molar-refractivity contribution in [2.45, 2.75) is 32.2 Å². The maximum absolute atomic E-state index is 5.69. The lowest BCUT2D eigenvalue weighted by atomic mass is 9.74. The van der Waals surface area contributed by atoms with Gasteiger partial charge in [-0.15, -0.1) is 6.42 Å². The highest BCUT2D eigenvalue weighted by atomic mass is 14.6. The summed E-state index contributed by atoms with van der Waals surface area (Å²) in [4.78, 5) is 0. The van der Waals surface area contributed by atoms with Crippen LogP contribution in [0.3, 0.4) is 0 Å². The van der Waals surface area contributed by atoms with Crippen molar-refractivity contribution in [3.05, 3.63) is 0 Å². The first-order chi connectivity index (χ1) is 4.75. The van der Waals surface area contributed by atoms with Crippen LogP contribution in [0.15, 0.2) is 0 Å². The van der Waals surface area contributed by atoms with E-state index in [0.29, 0.717) is 5.92 Å². The van der Waals surface area contributed by atoms with Crippen molar-refractivity contribution in [1.29, 1.82) is 0 Å². The second-order valence-electron chi connectivity index (χ2n) is 3.24. The Morgan fingerprint density at radius 2 is 2.20 bits per heavy atom. The lowest BCUT2D eigenvalue weighted by Crippen LogP contribution is -2.34. The third-order valence-electron chi connectivity index (χ3n) is 2.65. The molecule has 2 N–H and O–H groups in total. The molecule has 1 aliphatic carbocycles. The Morgan fingerprint density at radius 1 is 1.60 bits per heavy atom. The molecule has 1 fully saturated rings. The van der Waals surface area contributed by atoms with E-state index in [1.807, 2.05) is 0 Å². The number of terminal acetylenes is 1. The Labute approximate surface area is 63.0 Å². The van der Waals surface area contributed by atoms with Gasteiger partial charge in [0, 0.05) is 0 Å². The van der Waals surface area contributed by atoms with E-state index >= 15 is 0 Å². The minimum absolute atomic E-state index is 0.0229. The Balaban J connectivity index is 2.33. The van der Waals surface area contributed by atoms with E-state index < -0.39 is 0 Å². The van der Waals surface area contributed by atoms with Crippen LogP contribution in [0.1, 0.15) is 26.2 Å². The molecule has 10 heavy (non-hydrogen) atoms. The molecule has 0 spiro atoms. The second kappa shape index (κ2) is 3.07. The Bertz CT molecular complexity index is 141.